The molecule has 0 unspecified atom stereocenters. The van der Waals surface area contributed by atoms with Crippen molar-refractivity contribution in [2.45, 2.75) is 0 Å². The molecule has 128 valence electrons. The molecular formula is C22H17NO3. The van der Waals surface area contributed by atoms with Gasteiger partial charge >= 0.3 is 5.97 Å². The Morgan fingerprint density at radius 2 is 1.62 bits per heavy atom. The third-order valence-corrected chi connectivity index (χ3v) is 4.22. The van der Waals surface area contributed by atoms with E-state index in [0.29, 0.717) is 5.75 Å². The summed E-state index contributed by atoms with van der Waals surface area (Å²) < 4.78 is 10.6. The molecule has 0 atom stereocenters. The molecule has 0 spiro atoms. The second-order valence-electron chi connectivity index (χ2n) is 5.91. The predicted molar refractivity (Wildman–Crippen MR) is 103 cm³/mol. The van der Waals surface area contributed by atoms with Gasteiger partial charge in [0.2, 0.25) is 0 Å². The van der Waals surface area contributed by atoms with Crippen molar-refractivity contribution >= 4 is 33.9 Å². The van der Waals surface area contributed by atoms with Crippen LogP contribution in [-0.2, 0) is 4.79 Å². The number of fused-ring (bicyclic) bond motifs is 3. The number of para-hydroxylation sites is 1. The summed E-state index contributed by atoms with van der Waals surface area (Å²) in [4.78, 5) is 15.5. The minimum absolute atomic E-state index is 0.417. The monoisotopic (exact) mass is 343 g/mol. The number of benzene rings is 3. The zero-order valence-electron chi connectivity index (χ0n) is 14.2. The van der Waals surface area contributed by atoms with E-state index in [-0.39, 0.29) is 0 Å². The highest BCUT2D eigenvalue weighted by Crippen LogP contribution is 2.28. The fourth-order valence-electron chi connectivity index (χ4n) is 2.92. The molecule has 1 aromatic heterocycles. The number of ether oxygens (including phenoxy) is 2. The number of hydrogen-bond acceptors (Lipinski definition) is 3. The van der Waals surface area contributed by atoms with E-state index < -0.39 is 5.97 Å². The molecule has 26 heavy (non-hydrogen) atoms. The van der Waals surface area contributed by atoms with Crippen molar-refractivity contribution in [2.24, 2.45) is 0 Å². The highest BCUT2D eigenvalue weighted by molar-refractivity contribution is 6.07. The maximum absolute atomic E-state index is 12.1. The second kappa shape index (κ2) is 6.76. The number of H-pyrrole nitrogens is 1. The van der Waals surface area contributed by atoms with Gasteiger partial charge in [0.1, 0.15) is 11.5 Å². The van der Waals surface area contributed by atoms with Crippen molar-refractivity contribution in [1.82, 2.24) is 4.98 Å². The number of carbonyl (C=O) groups is 1. The molecule has 1 N–H and O–H groups in total. The molecule has 0 aliphatic rings. The number of methoxy groups -OCH3 is 1. The third kappa shape index (κ3) is 3.17. The van der Waals surface area contributed by atoms with E-state index in [2.05, 4.69) is 4.98 Å². The fraction of sp³-hybridized carbons (Fsp3) is 0.0455. The van der Waals surface area contributed by atoms with Crippen LogP contribution >= 0.6 is 0 Å². The molecule has 0 saturated carbocycles. The van der Waals surface area contributed by atoms with Crippen LogP contribution in [0, 0.1) is 0 Å². The van der Waals surface area contributed by atoms with Gasteiger partial charge in [-0.2, -0.15) is 0 Å². The summed E-state index contributed by atoms with van der Waals surface area (Å²) in [5.74, 6) is 0.878. The van der Waals surface area contributed by atoms with Gasteiger partial charge < -0.3 is 14.5 Å². The van der Waals surface area contributed by atoms with Crippen LogP contribution < -0.4 is 9.47 Å². The van der Waals surface area contributed by atoms with Gasteiger partial charge in [-0.1, -0.05) is 30.3 Å². The highest BCUT2D eigenvalue weighted by atomic mass is 16.5. The molecule has 0 bridgehead atoms. The Labute approximate surface area is 150 Å². The summed E-state index contributed by atoms with van der Waals surface area (Å²) in [6, 6.07) is 21.1. The molecule has 0 aliphatic heterocycles. The SMILES string of the molecule is COc1ccc(/C=C/C(=O)Oc2ccc3[nH]c4ccccc4c3c2)cc1. The quantitative estimate of drug-likeness (QED) is 0.324. The number of hydrogen-bond donors (Lipinski definition) is 1. The lowest BCUT2D eigenvalue weighted by molar-refractivity contribution is -0.128. The smallest absolute Gasteiger partial charge is 0.336 e. The van der Waals surface area contributed by atoms with Crippen LogP contribution in [0.2, 0.25) is 0 Å². The van der Waals surface area contributed by atoms with Crippen molar-refractivity contribution in [1.29, 1.82) is 0 Å². The first-order chi connectivity index (χ1) is 12.7. The average molecular weight is 343 g/mol. The minimum Gasteiger partial charge on any atom is -0.497 e. The summed E-state index contributed by atoms with van der Waals surface area (Å²) in [5, 5.41) is 2.14. The number of nitrogens with one attached hydrogen (secondary N) is 1. The number of aromatic amines is 1. The van der Waals surface area contributed by atoms with E-state index in [1.54, 1.807) is 19.3 Å². The Kier molecular flexibility index (Phi) is 4.15. The van der Waals surface area contributed by atoms with E-state index in [9.17, 15) is 4.79 Å². The van der Waals surface area contributed by atoms with Gasteiger partial charge in [0.15, 0.2) is 0 Å². The largest absolute Gasteiger partial charge is 0.497 e. The molecule has 0 aliphatic carbocycles. The Bertz CT molecular complexity index is 1110. The van der Waals surface area contributed by atoms with Gasteiger partial charge in [0.05, 0.1) is 7.11 Å². The summed E-state index contributed by atoms with van der Waals surface area (Å²) in [7, 11) is 1.62. The Morgan fingerprint density at radius 3 is 2.42 bits per heavy atom. The topological polar surface area (TPSA) is 51.3 Å². The average Bonchev–Trinajstić information content (AvgIpc) is 3.05. The number of carbonyl (C=O) groups excluding carboxylic acids is 1. The van der Waals surface area contributed by atoms with Gasteiger partial charge in [0, 0.05) is 27.9 Å². The molecule has 4 rings (SSSR count). The van der Waals surface area contributed by atoms with Gasteiger partial charge in [0.25, 0.3) is 0 Å². The minimum atomic E-state index is -0.417. The number of aromatic nitrogens is 1. The molecule has 4 nitrogen and oxygen atoms in total. The molecule has 0 radical (unpaired) electrons. The van der Waals surface area contributed by atoms with E-state index >= 15 is 0 Å². The number of esters is 1. The molecule has 4 aromatic rings. The molecule has 0 fully saturated rings. The standard InChI is InChI=1S/C22H17NO3/c1-25-16-9-6-15(7-10-16)8-13-22(24)26-17-11-12-21-19(14-17)18-4-2-3-5-20(18)23-21/h2-14,23H,1H3/b13-8+. The van der Waals surface area contributed by atoms with E-state index in [1.165, 1.54) is 6.08 Å². The van der Waals surface area contributed by atoms with Gasteiger partial charge in [-0.15, -0.1) is 0 Å². The molecular weight excluding hydrogens is 326 g/mol. The maximum Gasteiger partial charge on any atom is 0.336 e. The first kappa shape index (κ1) is 16.0. The van der Waals surface area contributed by atoms with Gasteiger partial charge in [-0.3, -0.25) is 0 Å². The lowest BCUT2D eigenvalue weighted by atomic mass is 10.1. The normalized spacial score (nSPS) is 11.3. The molecule has 3 aromatic carbocycles. The zero-order chi connectivity index (χ0) is 17.9. The molecule has 0 saturated heterocycles. The molecule has 0 amide bonds. The first-order valence-electron chi connectivity index (χ1n) is 8.27. The Hall–Kier alpha value is -3.53. The lowest BCUT2D eigenvalue weighted by Gasteiger charge is -2.02. The van der Waals surface area contributed by atoms with Crippen LogP contribution in [0.5, 0.6) is 11.5 Å². The zero-order valence-corrected chi connectivity index (χ0v) is 14.2. The van der Waals surface area contributed by atoms with Crippen molar-refractivity contribution in [3.8, 4) is 11.5 Å². The highest BCUT2D eigenvalue weighted by Gasteiger charge is 2.07. The van der Waals surface area contributed by atoms with Gasteiger partial charge in [-0.05, 0) is 48.0 Å². The molecule has 4 heteroatoms. The van der Waals surface area contributed by atoms with Crippen molar-refractivity contribution in [3.05, 3.63) is 78.4 Å². The summed E-state index contributed by atoms with van der Waals surface area (Å²) in [6.07, 6.45) is 3.13. The van der Waals surface area contributed by atoms with Crippen LogP contribution in [0.25, 0.3) is 27.9 Å². The molecule has 1 heterocycles. The van der Waals surface area contributed by atoms with E-state index in [0.717, 1.165) is 33.1 Å². The third-order valence-electron chi connectivity index (χ3n) is 4.22. The van der Waals surface area contributed by atoms with Gasteiger partial charge in [-0.25, -0.2) is 4.79 Å². The lowest BCUT2D eigenvalue weighted by Crippen LogP contribution is -2.03. The Morgan fingerprint density at radius 1 is 0.885 bits per heavy atom. The van der Waals surface area contributed by atoms with Crippen LogP contribution in [0.4, 0.5) is 0 Å². The van der Waals surface area contributed by atoms with Crippen molar-refractivity contribution in [3.63, 3.8) is 0 Å². The summed E-state index contributed by atoms with van der Waals surface area (Å²) >= 11 is 0. The number of rotatable bonds is 4. The van der Waals surface area contributed by atoms with E-state index in [1.807, 2.05) is 60.7 Å². The summed E-state index contributed by atoms with van der Waals surface area (Å²) in [5.41, 5.74) is 2.97. The Balaban J connectivity index is 1.53. The van der Waals surface area contributed by atoms with Crippen LogP contribution in [0.3, 0.4) is 0 Å². The van der Waals surface area contributed by atoms with Crippen LogP contribution in [0.15, 0.2) is 72.8 Å². The van der Waals surface area contributed by atoms with Crippen molar-refractivity contribution < 1.29 is 14.3 Å². The predicted octanol–water partition coefficient (Wildman–Crippen LogP) is 4.95. The van der Waals surface area contributed by atoms with Crippen molar-refractivity contribution in [2.75, 3.05) is 7.11 Å². The van der Waals surface area contributed by atoms with E-state index in [4.69, 9.17) is 9.47 Å². The maximum atomic E-state index is 12.1. The van der Waals surface area contributed by atoms with Crippen LogP contribution in [0.1, 0.15) is 5.56 Å². The first-order valence-corrected chi connectivity index (χ1v) is 8.27. The fourth-order valence-corrected chi connectivity index (χ4v) is 2.92. The second-order valence-corrected chi connectivity index (χ2v) is 5.91. The summed E-state index contributed by atoms with van der Waals surface area (Å²) in [6.45, 7) is 0. The van der Waals surface area contributed by atoms with Crippen LogP contribution in [-0.4, -0.2) is 18.1 Å².